The lowest BCUT2D eigenvalue weighted by Crippen LogP contribution is -2.37. The third kappa shape index (κ3) is 65.7. The minimum Gasteiger partial charge on any atom is -0.756 e. The molecule has 9 nitrogen and oxygen atoms in total. The summed E-state index contributed by atoms with van der Waals surface area (Å²) in [7, 11) is 1.09. The number of carbonyl (C=O) groups excluding carboxylic acids is 2. The molecule has 0 amide bonds. The van der Waals surface area contributed by atoms with Crippen LogP contribution in [0, 0.1) is 0 Å². The summed E-state index contributed by atoms with van der Waals surface area (Å²) in [6.07, 6.45) is 98.8. The van der Waals surface area contributed by atoms with E-state index in [9.17, 15) is 19.0 Å². The van der Waals surface area contributed by atoms with Crippen molar-refractivity contribution in [2.75, 3.05) is 47.5 Å². The molecule has 0 aromatic heterocycles. The van der Waals surface area contributed by atoms with Gasteiger partial charge in [0.2, 0.25) is 0 Å². The van der Waals surface area contributed by atoms with E-state index >= 15 is 0 Å². The molecular formula is C74H114NO8P. The molecular weight excluding hydrogens is 1060 g/mol. The van der Waals surface area contributed by atoms with Crippen molar-refractivity contribution in [3.05, 3.63) is 207 Å². The highest BCUT2D eigenvalue weighted by Gasteiger charge is 2.21. The number of esters is 2. The highest BCUT2D eigenvalue weighted by atomic mass is 31.2. The monoisotopic (exact) mass is 1180 g/mol. The van der Waals surface area contributed by atoms with Crippen molar-refractivity contribution in [2.24, 2.45) is 0 Å². The third-order valence-corrected chi connectivity index (χ3v) is 13.3. The van der Waals surface area contributed by atoms with Gasteiger partial charge in [0.25, 0.3) is 7.82 Å². The minimum atomic E-state index is -4.67. The van der Waals surface area contributed by atoms with Crippen LogP contribution in [0.1, 0.15) is 194 Å². The lowest BCUT2D eigenvalue weighted by atomic mass is 10.1. The number of likely N-dealkylation sites (N-methyl/N-ethyl adjacent to an activating group) is 1. The first-order chi connectivity index (χ1) is 41.0. The highest BCUT2D eigenvalue weighted by molar-refractivity contribution is 7.45. The molecule has 0 aliphatic carbocycles. The number of allylic oxidation sites excluding steroid dienone is 34. The molecule has 0 rings (SSSR count). The summed E-state index contributed by atoms with van der Waals surface area (Å²) in [5.41, 5.74) is 0. The molecule has 0 aromatic rings. The van der Waals surface area contributed by atoms with Gasteiger partial charge >= 0.3 is 11.9 Å². The quantitative estimate of drug-likeness (QED) is 0.0195. The summed E-state index contributed by atoms with van der Waals surface area (Å²) in [6.45, 7) is 3.90. The number of carbonyl (C=O) groups is 2. The Morgan fingerprint density at radius 2 is 0.643 bits per heavy atom. The van der Waals surface area contributed by atoms with Crippen molar-refractivity contribution in [2.45, 2.75) is 200 Å². The lowest BCUT2D eigenvalue weighted by Gasteiger charge is -2.28. The Hall–Kier alpha value is -5.41. The Morgan fingerprint density at radius 3 is 0.952 bits per heavy atom. The van der Waals surface area contributed by atoms with Gasteiger partial charge in [0.05, 0.1) is 27.7 Å². The van der Waals surface area contributed by atoms with Crippen LogP contribution < -0.4 is 4.89 Å². The fourth-order valence-corrected chi connectivity index (χ4v) is 8.21. The van der Waals surface area contributed by atoms with Crippen LogP contribution in [0.15, 0.2) is 207 Å². The molecule has 0 radical (unpaired) electrons. The van der Waals surface area contributed by atoms with Crippen LogP contribution in [-0.2, 0) is 32.7 Å². The summed E-state index contributed by atoms with van der Waals surface area (Å²) in [5.74, 6) is -0.922. The van der Waals surface area contributed by atoms with Crippen molar-refractivity contribution in [1.82, 2.24) is 0 Å². The van der Waals surface area contributed by atoms with Crippen LogP contribution in [0.4, 0.5) is 0 Å². The topological polar surface area (TPSA) is 111 Å². The van der Waals surface area contributed by atoms with Crippen LogP contribution in [0.5, 0.6) is 0 Å². The van der Waals surface area contributed by atoms with E-state index < -0.39 is 32.5 Å². The Morgan fingerprint density at radius 1 is 0.369 bits per heavy atom. The summed E-state index contributed by atoms with van der Waals surface area (Å²) < 4.78 is 34.1. The second-order valence-corrected chi connectivity index (χ2v) is 22.7. The molecule has 0 aromatic carbocycles. The van der Waals surface area contributed by atoms with E-state index in [2.05, 4.69) is 220 Å². The standard InChI is InChI=1S/C74H114NO8P/c1-6-8-10-12-14-16-18-20-22-24-26-28-30-31-32-33-34-35-36-37-38-39-40-41-42-43-45-47-49-51-53-55-57-59-61-63-65-67-74(77)83-72(71-82-84(78,79)81-69-68-75(3,4)5)70-80-73(76)66-64-62-60-58-56-54-52-50-48-46-44-29-27-25-23-21-19-17-15-13-11-9-7-2/h8-11,14-17,20-23,26-29,31-32,34-35,37-38,40-41,43,45-46,48-49,51-52,54-55,57,72H,6-7,12-13,18-19,24-25,30,33,36,39,42,44,47,50,53,56,58-71H2,1-5H3/b10-8-,11-9-,16-14-,17-15-,22-20-,23-21-,28-26-,29-27-,32-31-,35-34-,38-37-,41-40-,45-43-,48-46-,51-49-,54-52-,57-55-. The zero-order valence-electron chi connectivity index (χ0n) is 53.0. The minimum absolute atomic E-state index is 0.0551. The first-order valence-corrected chi connectivity index (χ1v) is 33.3. The fourth-order valence-electron chi connectivity index (χ4n) is 7.48. The number of phosphoric acid groups is 1. The second kappa shape index (κ2) is 62.1. The smallest absolute Gasteiger partial charge is 0.306 e. The van der Waals surface area contributed by atoms with Gasteiger partial charge in [-0.1, -0.05) is 240 Å². The average Bonchev–Trinajstić information content (AvgIpc) is 3.61. The van der Waals surface area contributed by atoms with Gasteiger partial charge in [-0.25, -0.2) is 0 Å². The molecule has 84 heavy (non-hydrogen) atoms. The molecule has 0 fully saturated rings. The number of nitrogens with zero attached hydrogens (tertiary/aromatic N) is 1. The van der Waals surface area contributed by atoms with Crippen LogP contribution in [0.3, 0.4) is 0 Å². The van der Waals surface area contributed by atoms with Gasteiger partial charge in [0.1, 0.15) is 19.8 Å². The van der Waals surface area contributed by atoms with E-state index in [1.54, 1.807) is 0 Å². The van der Waals surface area contributed by atoms with E-state index in [0.29, 0.717) is 23.9 Å². The van der Waals surface area contributed by atoms with Crippen LogP contribution >= 0.6 is 7.82 Å². The lowest BCUT2D eigenvalue weighted by molar-refractivity contribution is -0.870. The highest BCUT2D eigenvalue weighted by Crippen LogP contribution is 2.38. The molecule has 2 atom stereocenters. The molecule has 0 heterocycles. The number of ether oxygens (including phenoxy) is 2. The molecule has 10 heteroatoms. The number of hydrogen-bond donors (Lipinski definition) is 0. The predicted octanol–water partition coefficient (Wildman–Crippen LogP) is 20.1. The van der Waals surface area contributed by atoms with Gasteiger partial charge in [0, 0.05) is 12.8 Å². The molecule has 0 bridgehead atoms. The van der Waals surface area contributed by atoms with Crippen LogP contribution in [0.2, 0.25) is 0 Å². The summed E-state index contributed by atoms with van der Waals surface area (Å²) >= 11 is 0. The Balaban J connectivity index is 4.31. The Kier molecular flexibility index (Phi) is 58.1. The molecule has 0 aliphatic rings. The van der Waals surface area contributed by atoms with Gasteiger partial charge in [-0.15, -0.1) is 0 Å². The number of rotatable bonds is 55. The van der Waals surface area contributed by atoms with E-state index in [-0.39, 0.29) is 26.1 Å². The second-order valence-electron chi connectivity index (χ2n) is 21.3. The maximum absolute atomic E-state index is 12.8. The van der Waals surface area contributed by atoms with Gasteiger partial charge in [0.15, 0.2) is 6.10 Å². The average molecular weight is 1180 g/mol. The fraction of sp³-hybridized carbons (Fsp3) is 0.514. The van der Waals surface area contributed by atoms with E-state index in [1.165, 1.54) is 0 Å². The van der Waals surface area contributed by atoms with Gasteiger partial charge in [-0.05, 0) is 148 Å². The van der Waals surface area contributed by atoms with Crippen molar-refractivity contribution in [1.29, 1.82) is 0 Å². The normalized spacial score (nSPS) is 14.6. The van der Waals surface area contributed by atoms with Crippen molar-refractivity contribution >= 4 is 19.8 Å². The van der Waals surface area contributed by atoms with E-state index in [0.717, 1.165) is 154 Å². The molecule has 2 unspecified atom stereocenters. The molecule has 0 saturated heterocycles. The maximum Gasteiger partial charge on any atom is 0.306 e. The number of hydrogen-bond acceptors (Lipinski definition) is 8. The van der Waals surface area contributed by atoms with Crippen molar-refractivity contribution < 1.29 is 42.1 Å². The summed E-state index contributed by atoms with van der Waals surface area (Å²) in [6, 6.07) is 0. The largest absolute Gasteiger partial charge is 0.756 e. The van der Waals surface area contributed by atoms with Gasteiger partial charge in [-0.2, -0.15) is 0 Å². The van der Waals surface area contributed by atoms with Gasteiger partial charge in [-0.3, -0.25) is 14.2 Å². The molecule has 0 aliphatic heterocycles. The van der Waals surface area contributed by atoms with Gasteiger partial charge < -0.3 is 27.9 Å². The maximum atomic E-state index is 12.8. The zero-order chi connectivity index (χ0) is 61.2. The molecule has 0 spiro atoms. The summed E-state index contributed by atoms with van der Waals surface area (Å²) in [5, 5.41) is 0. The molecule has 0 N–H and O–H groups in total. The SMILES string of the molecule is CC/C=C\C/C=C\C/C=C\C/C=C\C/C=C\C/C=C\C/C=C\C/C=C\C/C=C\C/C=C\C/C=C\CCCCCC(=O)OC(COC(=O)CCCCCC/C=C\C/C=C\C/C=C\C/C=C\C/C=C\C/C=C\CC)COP(=O)([O-])OCC[N+](C)(C)C. The Labute approximate surface area is 513 Å². The van der Waals surface area contributed by atoms with Crippen molar-refractivity contribution in [3.8, 4) is 0 Å². The molecule has 0 saturated carbocycles. The van der Waals surface area contributed by atoms with E-state index in [1.807, 2.05) is 21.1 Å². The van der Waals surface area contributed by atoms with Crippen LogP contribution in [-0.4, -0.2) is 70.0 Å². The first kappa shape index (κ1) is 78.6. The van der Waals surface area contributed by atoms with Crippen LogP contribution in [0.25, 0.3) is 0 Å². The molecule has 468 valence electrons. The summed E-state index contributed by atoms with van der Waals surface area (Å²) in [4.78, 5) is 37.9. The predicted molar refractivity (Wildman–Crippen MR) is 359 cm³/mol. The number of quaternary nitrogens is 1. The zero-order valence-corrected chi connectivity index (χ0v) is 53.9. The number of phosphoric ester groups is 1. The number of unbranched alkanes of at least 4 members (excludes halogenated alkanes) is 7. The Bertz CT molecular complexity index is 2170. The van der Waals surface area contributed by atoms with E-state index in [4.69, 9.17) is 18.5 Å². The third-order valence-electron chi connectivity index (χ3n) is 12.3. The first-order valence-electron chi connectivity index (χ1n) is 31.8. The van der Waals surface area contributed by atoms with Crippen molar-refractivity contribution in [3.63, 3.8) is 0 Å².